The molecule has 1 aromatic carbocycles. The smallest absolute Gasteiger partial charge is 0.317 e. The molecule has 6 heteroatoms. The Morgan fingerprint density at radius 2 is 2.12 bits per heavy atom. The van der Waals surface area contributed by atoms with Gasteiger partial charge in [0.25, 0.3) is 0 Å². The molecule has 0 fully saturated rings. The number of ether oxygens (including phenoxy) is 1. The third kappa shape index (κ3) is 5.10. The Labute approximate surface area is 154 Å². The summed E-state index contributed by atoms with van der Waals surface area (Å²) in [4.78, 5) is 18.4. The molecule has 0 aliphatic rings. The minimum atomic E-state index is -0.162. The topological polar surface area (TPSA) is 54.5 Å². The van der Waals surface area contributed by atoms with Gasteiger partial charge in [-0.2, -0.15) is 0 Å². The van der Waals surface area contributed by atoms with Crippen molar-refractivity contribution in [1.82, 2.24) is 15.2 Å². The second-order valence-corrected chi connectivity index (χ2v) is 6.71. The van der Waals surface area contributed by atoms with Crippen molar-refractivity contribution in [3.63, 3.8) is 0 Å². The van der Waals surface area contributed by atoms with E-state index in [4.69, 9.17) is 16.3 Å². The Hall–Kier alpha value is -2.27. The van der Waals surface area contributed by atoms with Gasteiger partial charge in [-0.05, 0) is 35.7 Å². The molecule has 25 heavy (non-hydrogen) atoms. The van der Waals surface area contributed by atoms with Crippen LogP contribution in [0.25, 0.3) is 0 Å². The second kappa shape index (κ2) is 8.72. The van der Waals surface area contributed by atoms with Crippen molar-refractivity contribution >= 4 is 17.6 Å². The largest absolute Gasteiger partial charge is 0.496 e. The molecular weight excluding hydrogens is 338 g/mol. The summed E-state index contributed by atoms with van der Waals surface area (Å²) in [6.45, 7) is 4.53. The van der Waals surface area contributed by atoms with Crippen molar-refractivity contribution in [1.29, 1.82) is 0 Å². The van der Waals surface area contributed by atoms with Gasteiger partial charge in [-0.25, -0.2) is 4.79 Å². The van der Waals surface area contributed by atoms with E-state index in [0.717, 1.165) is 11.1 Å². The number of halogens is 1. The summed E-state index contributed by atoms with van der Waals surface area (Å²) in [6, 6.07) is 8.95. The summed E-state index contributed by atoms with van der Waals surface area (Å²) in [7, 11) is 3.35. The fourth-order valence-electron chi connectivity index (χ4n) is 2.64. The summed E-state index contributed by atoms with van der Waals surface area (Å²) in [5.41, 5.74) is 1.84. The number of amides is 2. The number of pyridine rings is 1. The van der Waals surface area contributed by atoms with Crippen LogP contribution in [-0.4, -0.2) is 30.1 Å². The van der Waals surface area contributed by atoms with Gasteiger partial charge < -0.3 is 15.0 Å². The van der Waals surface area contributed by atoms with E-state index in [2.05, 4.69) is 24.1 Å². The maximum Gasteiger partial charge on any atom is 0.317 e. The van der Waals surface area contributed by atoms with E-state index in [1.807, 2.05) is 18.2 Å². The second-order valence-electron chi connectivity index (χ2n) is 6.27. The quantitative estimate of drug-likeness (QED) is 0.835. The Balaban J connectivity index is 2.10. The highest BCUT2D eigenvalue weighted by molar-refractivity contribution is 6.30. The van der Waals surface area contributed by atoms with Gasteiger partial charge in [0.1, 0.15) is 5.75 Å². The molecule has 2 aromatic rings. The van der Waals surface area contributed by atoms with Gasteiger partial charge in [0.15, 0.2) is 0 Å². The predicted octanol–water partition coefficient (Wildman–Crippen LogP) is 4.28. The molecule has 5 nitrogen and oxygen atoms in total. The zero-order chi connectivity index (χ0) is 18.4. The summed E-state index contributed by atoms with van der Waals surface area (Å²) in [6.07, 6.45) is 3.51. The number of nitrogens with zero attached hydrogens (tertiary/aromatic N) is 2. The summed E-state index contributed by atoms with van der Waals surface area (Å²) < 4.78 is 5.34. The average molecular weight is 362 g/mol. The van der Waals surface area contributed by atoms with Crippen LogP contribution in [0.5, 0.6) is 5.75 Å². The van der Waals surface area contributed by atoms with E-state index in [1.165, 1.54) is 0 Å². The molecule has 0 bridgehead atoms. The van der Waals surface area contributed by atoms with Crippen LogP contribution < -0.4 is 10.1 Å². The van der Waals surface area contributed by atoms with E-state index in [0.29, 0.717) is 17.3 Å². The molecule has 0 saturated carbocycles. The molecule has 0 aliphatic carbocycles. The van der Waals surface area contributed by atoms with E-state index < -0.39 is 0 Å². The molecule has 1 unspecified atom stereocenters. The number of carbonyl (C=O) groups excluding carboxylic acids is 1. The van der Waals surface area contributed by atoms with Crippen LogP contribution in [0, 0.1) is 5.92 Å². The first-order valence-corrected chi connectivity index (χ1v) is 8.54. The molecule has 134 valence electrons. The van der Waals surface area contributed by atoms with E-state index in [-0.39, 0.29) is 18.0 Å². The number of hydrogen-bond acceptors (Lipinski definition) is 3. The Morgan fingerprint density at radius 3 is 2.72 bits per heavy atom. The van der Waals surface area contributed by atoms with Crippen LogP contribution in [0.4, 0.5) is 4.79 Å². The number of nitrogens with one attached hydrogen (secondary N) is 1. The van der Waals surface area contributed by atoms with Crippen molar-refractivity contribution in [2.45, 2.75) is 26.4 Å². The van der Waals surface area contributed by atoms with Gasteiger partial charge in [0, 0.05) is 30.0 Å². The lowest BCUT2D eigenvalue weighted by Crippen LogP contribution is -2.40. The number of aromatic nitrogens is 1. The third-order valence-corrected chi connectivity index (χ3v) is 4.22. The predicted molar refractivity (Wildman–Crippen MR) is 99.8 cm³/mol. The molecule has 0 radical (unpaired) electrons. The summed E-state index contributed by atoms with van der Waals surface area (Å²) >= 11 is 6.06. The minimum Gasteiger partial charge on any atom is -0.496 e. The molecule has 1 aromatic heterocycles. The highest BCUT2D eigenvalue weighted by Gasteiger charge is 2.21. The zero-order valence-corrected chi connectivity index (χ0v) is 15.7. The number of hydrogen-bond donors (Lipinski definition) is 1. The molecule has 0 aliphatic heterocycles. The number of benzene rings is 1. The Morgan fingerprint density at radius 1 is 1.36 bits per heavy atom. The maximum atomic E-state index is 12.6. The molecule has 1 N–H and O–H groups in total. The van der Waals surface area contributed by atoms with Crippen molar-refractivity contribution in [2.24, 2.45) is 5.92 Å². The first-order valence-electron chi connectivity index (χ1n) is 8.16. The molecular formula is C19H24ClN3O2. The lowest BCUT2D eigenvalue weighted by Gasteiger charge is -2.26. The minimum absolute atomic E-state index is 0.107. The van der Waals surface area contributed by atoms with E-state index >= 15 is 0 Å². The van der Waals surface area contributed by atoms with Gasteiger partial charge in [-0.1, -0.05) is 31.5 Å². The molecule has 1 heterocycles. The van der Waals surface area contributed by atoms with Crippen molar-refractivity contribution in [2.75, 3.05) is 14.2 Å². The van der Waals surface area contributed by atoms with Gasteiger partial charge in [-0.15, -0.1) is 0 Å². The van der Waals surface area contributed by atoms with Gasteiger partial charge in [-0.3, -0.25) is 4.98 Å². The van der Waals surface area contributed by atoms with Crippen LogP contribution in [0.15, 0.2) is 42.7 Å². The Bertz CT molecular complexity index is 707. The van der Waals surface area contributed by atoms with Gasteiger partial charge in [0.2, 0.25) is 0 Å². The Kier molecular flexibility index (Phi) is 6.65. The number of methoxy groups -OCH3 is 1. The van der Waals surface area contributed by atoms with Crippen LogP contribution in [0.3, 0.4) is 0 Å². The van der Waals surface area contributed by atoms with Crippen LogP contribution in [0.1, 0.15) is 31.0 Å². The highest BCUT2D eigenvalue weighted by Crippen LogP contribution is 2.25. The monoisotopic (exact) mass is 361 g/mol. The van der Waals surface area contributed by atoms with Crippen molar-refractivity contribution in [3.8, 4) is 5.75 Å². The van der Waals surface area contributed by atoms with Crippen LogP contribution in [-0.2, 0) is 6.54 Å². The fourth-order valence-corrected chi connectivity index (χ4v) is 2.83. The lowest BCUT2D eigenvalue weighted by molar-refractivity contribution is 0.198. The molecule has 0 saturated heterocycles. The number of rotatable bonds is 6. The van der Waals surface area contributed by atoms with Gasteiger partial charge in [0.05, 0.1) is 19.7 Å². The lowest BCUT2D eigenvalue weighted by atomic mass is 9.97. The van der Waals surface area contributed by atoms with E-state index in [9.17, 15) is 4.79 Å². The normalized spacial score (nSPS) is 11.9. The molecule has 0 spiro atoms. The summed E-state index contributed by atoms with van der Waals surface area (Å²) in [5.74, 6) is 0.943. The summed E-state index contributed by atoms with van der Waals surface area (Å²) in [5, 5.41) is 3.69. The van der Waals surface area contributed by atoms with Crippen LogP contribution >= 0.6 is 11.6 Å². The SMILES string of the molecule is COc1ccc(Cl)cc1CN(C)C(=O)NC(c1cccnc1)C(C)C. The van der Waals surface area contributed by atoms with Crippen molar-refractivity contribution in [3.05, 3.63) is 58.9 Å². The number of carbonyl (C=O) groups is 1. The fraction of sp³-hybridized carbons (Fsp3) is 0.368. The molecule has 1 atom stereocenters. The standard InChI is InChI=1S/C19H24ClN3O2/c1-13(2)18(14-6-5-9-21-11-14)22-19(24)23(3)12-15-10-16(20)7-8-17(15)25-4/h5-11,13,18H,12H2,1-4H3,(H,22,24). The van der Waals surface area contributed by atoms with Gasteiger partial charge >= 0.3 is 6.03 Å². The average Bonchev–Trinajstić information content (AvgIpc) is 2.60. The number of urea groups is 1. The first-order chi connectivity index (χ1) is 11.9. The van der Waals surface area contributed by atoms with E-state index in [1.54, 1.807) is 43.6 Å². The third-order valence-electron chi connectivity index (χ3n) is 3.99. The maximum absolute atomic E-state index is 12.6. The zero-order valence-electron chi connectivity index (χ0n) is 15.0. The molecule has 2 amide bonds. The highest BCUT2D eigenvalue weighted by atomic mass is 35.5. The van der Waals surface area contributed by atoms with Crippen LogP contribution in [0.2, 0.25) is 5.02 Å². The molecule has 2 rings (SSSR count). The first kappa shape index (κ1) is 19.1. The van der Waals surface area contributed by atoms with Crippen molar-refractivity contribution < 1.29 is 9.53 Å².